The number of hydrogen-bond acceptors (Lipinski definition) is 9. The van der Waals surface area contributed by atoms with Crippen molar-refractivity contribution in [1.29, 1.82) is 0 Å². The van der Waals surface area contributed by atoms with Crippen LogP contribution in [0.3, 0.4) is 0 Å². The fourth-order valence-electron chi connectivity index (χ4n) is 8.44. The maximum absolute atomic E-state index is 12.1. The van der Waals surface area contributed by atoms with Crippen molar-refractivity contribution in [2.24, 2.45) is 16.2 Å². The van der Waals surface area contributed by atoms with Gasteiger partial charge >= 0.3 is 17.9 Å². The molecule has 6 aromatic carbocycles. The first kappa shape index (κ1) is 64.6. The first-order valence-corrected chi connectivity index (χ1v) is 30.1. The third-order valence-corrected chi connectivity index (χ3v) is 15.7. The van der Waals surface area contributed by atoms with E-state index in [0.29, 0.717) is 33.5 Å². The van der Waals surface area contributed by atoms with Crippen molar-refractivity contribution in [3.05, 3.63) is 162 Å². The van der Waals surface area contributed by atoms with Gasteiger partial charge < -0.3 is 28.4 Å². The molecule has 0 amide bonds. The zero-order valence-corrected chi connectivity index (χ0v) is 52.7. The number of benzene rings is 6. The standard InChI is InChI=1S/C36H45O9S.C33H45S/c1-34(2,3)43-31(37)22-40-25-10-16-28(17-11-25)46(29-18-12-26(13-19-29)41-23-32(38)44-35(4,5)6)30-20-14-27(15-21-30)42-24-33(39)45-36(7,8)9;1-31(2,3)22-25-10-16-28(17-11-25)34(29-18-12-26(13-19-29)23-32(4,5)6)30-20-14-27(15-21-30)24-33(7,8)9/h10-21H,22-24H2,1-9H3;10-21H,22-24H2,1-9H3/q2*+1. The van der Waals surface area contributed by atoms with Gasteiger partial charge in [0.25, 0.3) is 0 Å². The number of carbonyl (C=O) groups excluding carboxylic acids is 3. The van der Waals surface area contributed by atoms with Gasteiger partial charge in [-0.1, -0.05) is 98.7 Å². The first-order chi connectivity index (χ1) is 37.1. The minimum Gasteiger partial charge on any atom is -0.482 e. The molecule has 0 saturated heterocycles. The monoisotopic (exact) mass is 1130 g/mol. The van der Waals surface area contributed by atoms with Crippen molar-refractivity contribution >= 4 is 39.7 Å². The van der Waals surface area contributed by atoms with Crippen LogP contribution in [0.5, 0.6) is 17.2 Å². The Bertz CT molecular complexity index is 2570. The van der Waals surface area contributed by atoms with Crippen LogP contribution in [0.2, 0.25) is 0 Å². The molecule has 6 rings (SSSR count). The smallest absolute Gasteiger partial charge is 0.344 e. The van der Waals surface area contributed by atoms with Gasteiger partial charge in [-0.3, -0.25) is 0 Å². The molecule has 0 fully saturated rings. The molecule has 9 nitrogen and oxygen atoms in total. The second-order valence-corrected chi connectivity index (χ2v) is 30.8. The summed E-state index contributed by atoms with van der Waals surface area (Å²) in [6.07, 6.45) is 3.30. The molecule has 0 aliphatic carbocycles. The molecule has 0 radical (unpaired) electrons. The lowest BCUT2D eigenvalue weighted by Crippen LogP contribution is -2.27. The van der Waals surface area contributed by atoms with Gasteiger partial charge in [0.15, 0.2) is 49.2 Å². The quantitative estimate of drug-likeness (QED) is 0.0472. The lowest BCUT2D eigenvalue weighted by atomic mass is 9.88. The summed E-state index contributed by atoms with van der Waals surface area (Å²) in [6.45, 7) is 36.4. The van der Waals surface area contributed by atoms with Crippen LogP contribution in [0.25, 0.3) is 0 Å². The summed E-state index contributed by atoms with van der Waals surface area (Å²) in [7, 11) is -0.668. The lowest BCUT2D eigenvalue weighted by molar-refractivity contribution is -0.158. The maximum atomic E-state index is 12.1. The van der Waals surface area contributed by atoms with Crippen LogP contribution in [0.15, 0.2) is 175 Å². The van der Waals surface area contributed by atoms with Crippen molar-refractivity contribution < 1.29 is 42.8 Å². The second kappa shape index (κ2) is 27.5. The van der Waals surface area contributed by atoms with Crippen LogP contribution in [-0.4, -0.2) is 54.5 Å². The predicted molar refractivity (Wildman–Crippen MR) is 326 cm³/mol. The summed E-state index contributed by atoms with van der Waals surface area (Å²) in [4.78, 5) is 43.5. The minimum atomic E-state index is -0.592. The van der Waals surface area contributed by atoms with Gasteiger partial charge in [0.2, 0.25) is 0 Å². The first-order valence-electron chi connectivity index (χ1n) is 27.7. The van der Waals surface area contributed by atoms with Crippen molar-refractivity contribution in [3.8, 4) is 17.2 Å². The molecule has 0 saturated carbocycles. The van der Waals surface area contributed by atoms with Gasteiger partial charge in [-0.2, -0.15) is 0 Å². The topological polar surface area (TPSA) is 107 Å². The Morgan fingerprint density at radius 3 is 0.625 bits per heavy atom. The highest BCUT2D eigenvalue weighted by Crippen LogP contribution is 2.36. The molecule has 0 heterocycles. The molecule has 11 heteroatoms. The third-order valence-electron chi connectivity index (χ3n) is 11.2. The number of esters is 3. The Hall–Kier alpha value is -6.17. The Labute approximate surface area is 485 Å². The highest BCUT2D eigenvalue weighted by atomic mass is 32.2. The van der Waals surface area contributed by atoms with Crippen LogP contribution in [0.1, 0.15) is 141 Å². The van der Waals surface area contributed by atoms with E-state index in [4.69, 9.17) is 28.4 Å². The molecule has 0 unspecified atom stereocenters. The van der Waals surface area contributed by atoms with E-state index >= 15 is 0 Å². The zero-order chi connectivity index (χ0) is 59.3. The Morgan fingerprint density at radius 1 is 0.287 bits per heavy atom. The van der Waals surface area contributed by atoms with Gasteiger partial charge in [0, 0.05) is 0 Å². The molecule has 0 aromatic heterocycles. The van der Waals surface area contributed by atoms with Gasteiger partial charge in [-0.15, -0.1) is 0 Å². The van der Waals surface area contributed by atoms with Crippen molar-refractivity contribution in [1.82, 2.24) is 0 Å². The normalized spacial score (nSPS) is 12.3. The van der Waals surface area contributed by atoms with E-state index in [1.807, 2.05) is 72.8 Å². The molecule has 0 N–H and O–H groups in total. The molecule has 0 atom stereocenters. The number of hydrogen-bond donors (Lipinski definition) is 0. The summed E-state index contributed by atoms with van der Waals surface area (Å²) >= 11 is 0. The molecule has 0 bridgehead atoms. The molecular formula is C69H90O9S2+2. The van der Waals surface area contributed by atoms with Crippen molar-refractivity contribution in [2.75, 3.05) is 19.8 Å². The van der Waals surface area contributed by atoms with E-state index in [2.05, 4.69) is 135 Å². The van der Waals surface area contributed by atoms with Gasteiger partial charge in [-0.25, -0.2) is 14.4 Å². The second-order valence-electron chi connectivity index (χ2n) is 26.8. The summed E-state index contributed by atoms with van der Waals surface area (Å²) < 4.78 is 33.0. The molecular weight excluding hydrogens is 1040 g/mol. The van der Waals surface area contributed by atoms with E-state index in [1.165, 1.54) is 31.4 Å². The van der Waals surface area contributed by atoms with E-state index in [0.717, 1.165) is 33.9 Å². The van der Waals surface area contributed by atoms with E-state index in [9.17, 15) is 14.4 Å². The van der Waals surface area contributed by atoms with Crippen LogP contribution in [-0.2, 0) is 69.6 Å². The van der Waals surface area contributed by atoms with Gasteiger partial charge in [-0.05, 0) is 224 Å². The number of rotatable bonds is 18. The number of ether oxygens (including phenoxy) is 6. The van der Waals surface area contributed by atoms with Crippen molar-refractivity contribution in [2.45, 2.75) is 190 Å². The van der Waals surface area contributed by atoms with E-state index in [1.54, 1.807) is 62.3 Å². The predicted octanol–water partition coefficient (Wildman–Crippen LogP) is 16.5. The lowest BCUT2D eigenvalue weighted by Gasteiger charge is -2.19. The fourth-order valence-corrected chi connectivity index (χ4v) is 12.5. The summed E-state index contributed by atoms with van der Waals surface area (Å²) in [5, 5.41) is 0. The zero-order valence-electron chi connectivity index (χ0n) is 51.1. The van der Waals surface area contributed by atoms with E-state index < -0.39 is 45.6 Å². The average Bonchev–Trinajstić information content (AvgIpc) is 3.33. The van der Waals surface area contributed by atoms with Crippen LogP contribution < -0.4 is 14.2 Å². The fraction of sp³-hybridized carbons (Fsp3) is 0.435. The average molecular weight is 1130 g/mol. The molecule has 0 aliphatic heterocycles. The summed E-state index contributed by atoms with van der Waals surface area (Å²) in [6, 6.07) is 50.8. The highest BCUT2D eigenvalue weighted by Gasteiger charge is 2.32. The SMILES string of the molecule is CC(C)(C)Cc1ccc([S+](c2ccc(CC(C)(C)C)cc2)c2ccc(CC(C)(C)C)cc2)cc1.CC(C)(C)OC(=O)COc1ccc([S+](c2ccc(OCC(=O)OC(C)(C)C)cc2)c2ccc(OCC(=O)OC(C)(C)C)cc2)cc1. The van der Waals surface area contributed by atoms with Gasteiger partial charge in [0.05, 0.1) is 21.8 Å². The van der Waals surface area contributed by atoms with E-state index in [-0.39, 0.29) is 30.7 Å². The Kier molecular flexibility index (Phi) is 22.2. The molecule has 6 aromatic rings. The molecule has 0 spiro atoms. The Morgan fingerprint density at radius 2 is 0.463 bits per heavy atom. The largest absolute Gasteiger partial charge is 0.482 e. The summed E-state index contributed by atoms with van der Waals surface area (Å²) in [5.41, 5.74) is 3.38. The van der Waals surface area contributed by atoms with Crippen LogP contribution >= 0.6 is 0 Å². The van der Waals surface area contributed by atoms with Crippen LogP contribution in [0.4, 0.5) is 0 Å². The van der Waals surface area contributed by atoms with Gasteiger partial charge in [0.1, 0.15) is 34.1 Å². The van der Waals surface area contributed by atoms with Crippen molar-refractivity contribution in [3.63, 3.8) is 0 Å². The molecule has 430 valence electrons. The maximum Gasteiger partial charge on any atom is 0.344 e. The highest BCUT2D eigenvalue weighted by molar-refractivity contribution is 7.97. The molecule has 80 heavy (non-hydrogen) atoms. The Balaban J connectivity index is 0.000000307. The third kappa shape index (κ3) is 23.9. The van der Waals surface area contributed by atoms with Crippen LogP contribution in [0, 0.1) is 16.2 Å². The summed E-state index contributed by atoms with van der Waals surface area (Å²) in [5.74, 6) is 0.276. The minimum absolute atomic E-state index is 0.109. The molecule has 0 aliphatic rings. The number of carbonyl (C=O) groups is 3.